The Labute approximate surface area is 158 Å². The number of rotatable bonds is 10. The molecule has 0 atom stereocenters. The average molecular weight is 414 g/mol. The summed E-state index contributed by atoms with van der Waals surface area (Å²) in [7, 11) is 0. The number of hydrogen-bond donors (Lipinski definition) is 3. The summed E-state index contributed by atoms with van der Waals surface area (Å²) in [6.45, 7) is 8.66. The first kappa shape index (κ1) is 21.3. The Morgan fingerprint density at radius 2 is 1.84 bits per heavy atom. The molecule has 0 spiro atoms. The molecule has 0 saturated carbocycles. The van der Waals surface area contributed by atoms with Crippen molar-refractivity contribution in [3.63, 3.8) is 0 Å². The number of benzene rings is 1. The van der Waals surface area contributed by atoms with Crippen molar-refractivity contribution < 1.29 is 14.3 Å². The van der Waals surface area contributed by atoms with Crippen LogP contribution in [0.1, 0.15) is 39.2 Å². The van der Waals surface area contributed by atoms with Crippen molar-refractivity contribution in [2.24, 2.45) is 0 Å². The van der Waals surface area contributed by atoms with Gasteiger partial charge >= 0.3 is 6.03 Å². The van der Waals surface area contributed by atoms with Crippen LogP contribution in [0.2, 0.25) is 0 Å². The van der Waals surface area contributed by atoms with E-state index in [2.05, 4.69) is 64.8 Å². The monoisotopic (exact) mass is 413 g/mol. The third kappa shape index (κ3) is 8.77. The summed E-state index contributed by atoms with van der Waals surface area (Å²) in [5.74, 6) is 0.806. The van der Waals surface area contributed by atoms with Crippen molar-refractivity contribution in [3.8, 4) is 5.75 Å². The molecule has 0 aliphatic carbocycles. The normalized spacial score (nSPS) is 10.9. The Kier molecular flexibility index (Phi) is 9.34. The molecule has 0 unspecified atom stereocenters. The molecule has 0 aliphatic heterocycles. The minimum Gasteiger partial charge on any atom is -0.492 e. The van der Waals surface area contributed by atoms with Crippen molar-refractivity contribution in [2.75, 3.05) is 26.2 Å². The predicted molar refractivity (Wildman–Crippen MR) is 103 cm³/mol. The van der Waals surface area contributed by atoms with E-state index in [0.717, 1.165) is 10.2 Å². The molecule has 3 N–H and O–H groups in total. The van der Waals surface area contributed by atoms with Crippen LogP contribution < -0.4 is 20.7 Å². The maximum absolute atomic E-state index is 11.5. The summed E-state index contributed by atoms with van der Waals surface area (Å²) in [4.78, 5) is 21.6. The molecular formula is C18H28BrN3O3. The first-order chi connectivity index (χ1) is 11.8. The summed E-state index contributed by atoms with van der Waals surface area (Å²) in [6, 6.07) is 5.92. The quantitative estimate of drug-likeness (QED) is 0.407. The fraction of sp³-hybridized carbons (Fsp3) is 0.556. The lowest BCUT2D eigenvalue weighted by Gasteiger charge is -2.20. The van der Waals surface area contributed by atoms with Crippen LogP contribution in [-0.2, 0) is 10.2 Å². The van der Waals surface area contributed by atoms with Crippen molar-refractivity contribution in [1.29, 1.82) is 0 Å². The van der Waals surface area contributed by atoms with Gasteiger partial charge < -0.3 is 20.7 Å². The summed E-state index contributed by atoms with van der Waals surface area (Å²) < 4.78 is 6.69. The van der Waals surface area contributed by atoms with Crippen molar-refractivity contribution in [2.45, 2.75) is 39.0 Å². The Hall–Kier alpha value is -1.76. The van der Waals surface area contributed by atoms with E-state index in [1.165, 1.54) is 5.56 Å². The van der Waals surface area contributed by atoms with Crippen molar-refractivity contribution in [1.82, 2.24) is 16.0 Å². The van der Waals surface area contributed by atoms with E-state index < -0.39 is 0 Å². The number of amides is 3. The molecule has 25 heavy (non-hydrogen) atoms. The molecule has 1 aromatic carbocycles. The zero-order chi connectivity index (χ0) is 18.7. The Bertz CT molecular complexity index is 559. The second kappa shape index (κ2) is 11.0. The van der Waals surface area contributed by atoms with Crippen LogP contribution in [0.15, 0.2) is 22.7 Å². The molecule has 0 heterocycles. The lowest BCUT2D eigenvalue weighted by Crippen LogP contribution is -2.37. The third-order valence-electron chi connectivity index (χ3n) is 3.53. The molecule has 0 bridgehead atoms. The van der Waals surface area contributed by atoms with Gasteiger partial charge in [-0.05, 0) is 51.9 Å². The number of carbonyl (C=O) groups excluding carboxylic acids is 2. The minimum atomic E-state index is -0.207. The van der Waals surface area contributed by atoms with E-state index in [0.29, 0.717) is 45.5 Å². The number of nitrogens with one attached hydrogen (secondary N) is 3. The van der Waals surface area contributed by atoms with Gasteiger partial charge in [0, 0.05) is 19.6 Å². The first-order valence-corrected chi connectivity index (χ1v) is 9.25. The number of carbonyl (C=O) groups is 2. The molecule has 1 rings (SSSR count). The largest absolute Gasteiger partial charge is 0.492 e. The highest BCUT2D eigenvalue weighted by molar-refractivity contribution is 9.10. The number of ether oxygens (including phenoxy) is 1. The topological polar surface area (TPSA) is 79.5 Å². The van der Waals surface area contributed by atoms with E-state index >= 15 is 0 Å². The molecular weight excluding hydrogens is 386 g/mol. The van der Waals surface area contributed by atoms with E-state index in [9.17, 15) is 9.59 Å². The lowest BCUT2D eigenvalue weighted by molar-refractivity contribution is -0.109. The van der Waals surface area contributed by atoms with E-state index in [1.54, 1.807) is 0 Å². The van der Waals surface area contributed by atoms with E-state index in [1.807, 2.05) is 6.07 Å². The van der Waals surface area contributed by atoms with Gasteiger partial charge in [-0.25, -0.2) is 4.79 Å². The Morgan fingerprint density at radius 1 is 1.16 bits per heavy atom. The lowest BCUT2D eigenvalue weighted by atomic mass is 9.87. The number of hydrogen-bond acceptors (Lipinski definition) is 3. The smallest absolute Gasteiger partial charge is 0.314 e. The van der Waals surface area contributed by atoms with Gasteiger partial charge in [0.25, 0.3) is 0 Å². The van der Waals surface area contributed by atoms with Crippen molar-refractivity contribution >= 4 is 28.4 Å². The SMILES string of the molecule is CC(C)(C)c1ccc(OCCCNC(=O)NCCCNC=O)c(Br)c1. The Balaban J connectivity index is 2.19. The average Bonchev–Trinajstić information content (AvgIpc) is 2.54. The van der Waals surface area contributed by atoms with Crippen LogP contribution in [0.25, 0.3) is 0 Å². The second-order valence-corrected chi connectivity index (χ2v) is 7.56. The van der Waals surface area contributed by atoms with Gasteiger partial charge in [-0.2, -0.15) is 0 Å². The molecule has 0 aliphatic rings. The van der Waals surface area contributed by atoms with Gasteiger partial charge in [0.2, 0.25) is 6.41 Å². The second-order valence-electron chi connectivity index (χ2n) is 6.71. The van der Waals surface area contributed by atoms with Gasteiger partial charge in [0.05, 0.1) is 11.1 Å². The van der Waals surface area contributed by atoms with Gasteiger partial charge in [-0.15, -0.1) is 0 Å². The van der Waals surface area contributed by atoms with Gasteiger partial charge in [-0.1, -0.05) is 26.8 Å². The summed E-state index contributed by atoms with van der Waals surface area (Å²) >= 11 is 3.55. The number of halogens is 1. The molecule has 0 radical (unpaired) electrons. The fourth-order valence-electron chi connectivity index (χ4n) is 2.05. The fourth-order valence-corrected chi connectivity index (χ4v) is 2.55. The van der Waals surface area contributed by atoms with E-state index in [-0.39, 0.29) is 11.4 Å². The van der Waals surface area contributed by atoms with Crippen LogP contribution >= 0.6 is 15.9 Å². The van der Waals surface area contributed by atoms with Gasteiger partial charge in [0.15, 0.2) is 0 Å². The standard InChI is InChI=1S/C18H28BrN3O3/c1-18(2,3)14-6-7-16(15(19)12-14)25-11-5-10-22-17(24)21-9-4-8-20-13-23/h6-7,12-13H,4-5,8-11H2,1-3H3,(H,20,23)(H2,21,22,24). The number of urea groups is 1. The molecule has 7 heteroatoms. The molecule has 3 amide bonds. The highest BCUT2D eigenvalue weighted by atomic mass is 79.9. The van der Waals surface area contributed by atoms with Gasteiger partial charge in [-0.3, -0.25) is 4.79 Å². The molecule has 0 saturated heterocycles. The molecule has 6 nitrogen and oxygen atoms in total. The van der Waals surface area contributed by atoms with Crippen LogP contribution in [-0.4, -0.2) is 38.7 Å². The summed E-state index contributed by atoms with van der Waals surface area (Å²) in [5, 5.41) is 8.04. The summed E-state index contributed by atoms with van der Waals surface area (Å²) in [6.07, 6.45) is 2.07. The Morgan fingerprint density at radius 3 is 2.44 bits per heavy atom. The first-order valence-electron chi connectivity index (χ1n) is 8.46. The van der Waals surface area contributed by atoms with Crippen LogP contribution in [0, 0.1) is 0 Å². The van der Waals surface area contributed by atoms with Crippen LogP contribution in [0.3, 0.4) is 0 Å². The van der Waals surface area contributed by atoms with Crippen molar-refractivity contribution in [3.05, 3.63) is 28.2 Å². The molecule has 140 valence electrons. The summed E-state index contributed by atoms with van der Waals surface area (Å²) in [5.41, 5.74) is 1.34. The maximum atomic E-state index is 11.5. The van der Waals surface area contributed by atoms with Crippen LogP contribution in [0.4, 0.5) is 4.79 Å². The maximum Gasteiger partial charge on any atom is 0.314 e. The highest BCUT2D eigenvalue weighted by Crippen LogP contribution is 2.31. The third-order valence-corrected chi connectivity index (χ3v) is 4.15. The zero-order valence-corrected chi connectivity index (χ0v) is 16.7. The van der Waals surface area contributed by atoms with Gasteiger partial charge in [0.1, 0.15) is 5.75 Å². The molecule has 0 fully saturated rings. The highest BCUT2D eigenvalue weighted by Gasteiger charge is 2.15. The minimum absolute atomic E-state index is 0.0988. The molecule has 0 aromatic heterocycles. The van der Waals surface area contributed by atoms with Crippen LogP contribution in [0.5, 0.6) is 5.75 Å². The predicted octanol–water partition coefficient (Wildman–Crippen LogP) is 2.95. The van der Waals surface area contributed by atoms with E-state index in [4.69, 9.17) is 4.74 Å². The zero-order valence-electron chi connectivity index (χ0n) is 15.2. The molecule has 1 aromatic rings.